The van der Waals surface area contributed by atoms with Crippen LogP contribution in [0.15, 0.2) is 54.9 Å². The van der Waals surface area contributed by atoms with Gasteiger partial charge >= 0.3 is 0 Å². The SMILES string of the molecule is Cc1cc(NC(=O)CC(C)(O)c2ccccc2)ccc1-n1cnnn1. The predicted molar refractivity (Wildman–Crippen MR) is 93.2 cm³/mol. The molecule has 0 saturated carbocycles. The normalized spacial score (nSPS) is 13.2. The number of hydrogen-bond acceptors (Lipinski definition) is 5. The molecule has 1 unspecified atom stereocenters. The van der Waals surface area contributed by atoms with Crippen molar-refractivity contribution >= 4 is 11.6 Å². The van der Waals surface area contributed by atoms with E-state index in [1.165, 1.54) is 6.33 Å². The number of rotatable bonds is 5. The predicted octanol–water partition coefficient (Wildman–Crippen LogP) is 2.21. The van der Waals surface area contributed by atoms with Crippen LogP contribution in [-0.4, -0.2) is 31.2 Å². The summed E-state index contributed by atoms with van der Waals surface area (Å²) in [6.07, 6.45) is 1.47. The molecule has 0 fully saturated rings. The minimum atomic E-state index is -1.23. The highest BCUT2D eigenvalue weighted by Gasteiger charge is 2.26. The molecule has 1 atom stereocenters. The van der Waals surface area contributed by atoms with Gasteiger partial charge in [-0.3, -0.25) is 4.79 Å². The highest BCUT2D eigenvalue weighted by atomic mass is 16.3. The fourth-order valence-electron chi connectivity index (χ4n) is 2.68. The number of carbonyl (C=O) groups is 1. The quantitative estimate of drug-likeness (QED) is 0.744. The van der Waals surface area contributed by atoms with Gasteiger partial charge in [-0.25, -0.2) is 4.68 Å². The van der Waals surface area contributed by atoms with Crippen molar-refractivity contribution in [1.82, 2.24) is 20.2 Å². The second-order valence-electron chi connectivity index (χ2n) is 6.12. The first-order valence-corrected chi connectivity index (χ1v) is 7.87. The van der Waals surface area contributed by atoms with E-state index < -0.39 is 5.60 Å². The van der Waals surface area contributed by atoms with Crippen LogP contribution in [-0.2, 0) is 10.4 Å². The number of anilines is 1. The second-order valence-corrected chi connectivity index (χ2v) is 6.12. The molecule has 0 aliphatic rings. The van der Waals surface area contributed by atoms with E-state index >= 15 is 0 Å². The van der Waals surface area contributed by atoms with E-state index in [0.29, 0.717) is 11.3 Å². The van der Waals surface area contributed by atoms with Crippen LogP contribution in [0.25, 0.3) is 5.69 Å². The topological polar surface area (TPSA) is 92.9 Å². The third-order valence-corrected chi connectivity index (χ3v) is 3.98. The summed E-state index contributed by atoms with van der Waals surface area (Å²) >= 11 is 0. The molecule has 0 bridgehead atoms. The maximum atomic E-state index is 12.3. The van der Waals surface area contributed by atoms with Crippen molar-refractivity contribution in [1.29, 1.82) is 0 Å². The van der Waals surface area contributed by atoms with Gasteiger partial charge in [0.15, 0.2) is 0 Å². The summed E-state index contributed by atoms with van der Waals surface area (Å²) in [5.41, 5.74) is 1.88. The maximum absolute atomic E-state index is 12.3. The van der Waals surface area contributed by atoms with Crippen molar-refractivity contribution in [3.8, 4) is 5.69 Å². The van der Waals surface area contributed by atoms with Crippen molar-refractivity contribution in [3.05, 3.63) is 66.0 Å². The fraction of sp³-hybridized carbons (Fsp3) is 0.222. The van der Waals surface area contributed by atoms with Gasteiger partial charge in [0, 0.05) is 5.69 Å². The monoisotopic (exact) mass is 337 g/mol. The number of aryl methyl sites for hydroxylation is 1. The van der Waals surface area contributed by atoms with Crippen LogP contribution in [0.5, 0.6) is 0 Å². The highest BCUT2D eigenvalue weighted by Crippen LogP contribution is 2.25. The molecule has 3 rings (SSSR count). The zero-order valence-corrected chi connectivity index (χ0v) is 14.0. The van der Waals surface area contributed by atoms with Gasteiger partial charge in [0.1, 0.15) is 6.33 Å². The molecule has 2 N–H and O–H groups in total. The summed E-state index contributed by atoms with van der Waals surface area (Å²) in [6, 6.07) is 14.6. The Morgan fingerprint density at radius 2 is 2.00 bits per heavy atom. The van der Waals surface area contributed by atoms with E-state index in [4.69, 9.17) is 0 Å². The molecule has 0 radical (unpaired) electrons. The second kappa shape index (κ2) is 6.82. The molecule has 2 aromatic carbocycles. The smallest absolute Gasteiger partial charge is 0.227 e. The number of hydrogen-bond donors (Lipinski definition) is 2. The first-order valence-electron chi connectivity index (χ1n) is 7.87. The molecule has 0 spiro atoms. The Morgan fingerprint density at radius 3 is 2.64 bits per heavy atom. The highest BCUT2D eigenvalue weighted by molar-refractivity contribution is 5.91. The van der Waals surface area contributed by atoms with Gasteiger partial charge in [-0.15, -0.1) is 5.10 Å². The molecule has 7 nitrogen and oxygen atoms in total. The number of amides is 1. The summed E-state index contributed by atoms with van der Waals surface area (Å²) in [4.78, 5) is 12.3. The Labute approximate surface area is 145 Å². The summed E-state index contributed by atoms with van der Waals surface area (Å²) in [5.74, 6) is -0.261. The van der Waals surface area contributed by atoms with Gasteiger partial charge in [0.2, 0.25) is 5.91 Å². The van der Waals surface area contributed by atoms with Crippen molar-refractivity contribution in [2.24, 2.45) is 0 Å². The van der Waals surface area contributed by atoms with E-state index in [1.807, 2.05) is 37.3 Å². The van der Waals surface area contributed by atoms with Crippen LogP contribution in [0.1, 0.15) is 24.5 Å². The number of aromatic nitrogens is 4. The van der Waals surface area contributed by atoms with Crippen molar-refractivity contribution < 1.29 is 9.90 Å². The summed E-state index contributed by atoms with van der Waals surface area (Å²) < 4.78 is 1.56. The Balaban J connectivity index is 1.70. The lowest BCUT2D eigenvalue weighted by Gasteiger charge is -2.23. The Bertz CT molecular complexity index is 860. The van der Waals surface area contributed by atoms with Crippen LogP contribution < -0.4 is 5.32 Å². The molecule has 0 aliphatic heterocycles. The largest absolute Gasteiger partial charge is 0.385 e. The first-order chi connectivity index (χ1) is 12.0. The maximum Gasteiger partial charge on any atom is 0.227 e. The van der Waals surface area contributed by atoms with Crippen molar-refractivity contribution in [2.45, 2.75) is 25.9 Å². The van der Waals surface area contributed by atoms with Crippen molar-refractivity contribution in [3.63, 3.8) is 0 Å². The van der Waals surface area contributed by atoms with Crippen LogP contribution in [0.3, 0.4) is 0 Å². The molecule has 25 heavy (non-hydrogen) atoms. The van der Waals surface area contributed by atoms with Crippen LogP contribution in [0.2, 0.25) is 0 Å². The molecule has 7 heteroatoms. The number of aliphatic hydroxyl groups is 1. The lowest BCUT2D eigenvalue weighted by molar-refractivity contribution is -0.120. The molecule has 1 aromatic heterocycles. The molecule has 1 heterocycles. The average Bonchev–Trinajstić information content (AvgIpc) is 3.09. The molecule has 3 aromatic rings. The minimum absolute atomic E-state index is 0.0369. The molecular formula is C18H19N5O2. The van der Waals surface area contributed by atoms with Gasteiger partial charge in [-0.05, 0) is 53.6 Å². The van der Waals surface area contributed by atoms with Crippen LogP contribution in [0, 0.1) is 6.92 Å². The van der Waals surface area contributed by atoms with Gasteiger partial charge < -0.3 is 10.4 Å². The summed E-state index contributed by atoms with van der Waals surface area (Å²) in [5, 5.41) is 24.5. The van der Waals surface area contributed by atoms with E-state index in [0.717, 1.165) is 11.3 Å². The lowest BCUT2D eigenvalue weighted by Crippen LogP contribution is -2.28. The van der Waals surface area contributed by atoms with Crippen LogP contribution in [0.4, 0.5) is 5.69 Å². The van der Waals surface area contributed by atoms with Gasteiger partial charge in [-0.1, -0.05) is 30.3 Å². The Kier molecular flexibility index (Phi) is 4.58. The summed E-state index contributed by atoms with van der Waals surface area (Å²) in [6.45, 7) is 3.54. The van der Waals surface area contributed by atoms with Gasteiger partial charge in [0.25, 0.3) is 0 Å². The number of nitrogens with zero attached hydrogens (tertiary/aromatic N) is 4. The Hall–Kier alpha value is -3.06. The number of carbonyl (C=O) groups excluding carboxylic acids is 1. The molecule has 128 valence electrons. The molecule has 1 amide bonds. The number of nitrogens with one attached hydrogen (secondary N) is 1. The molecular weight excluding hydrogens is 318 g/mol. The lowest BCUT2D eigenvalue weighted by atomic mass is 9.92. The zero-order valence-electron chi connectivity index (χ0n) is 14.0. The zero-order chi connectivity index (χ0) is 17.9. The van der Waals surface area contributed by atoms with Crippen molar-refractivity contribution in [2.75, 3.05) is 5.32 Å². The van der Waals surface area contributed by atoms with Gasteiger partial charge in [0.05, 0.1) is 17.7 Å². The van der Waals surface area contributed by atoms with E-state index in [2.05, 4.69) is 20.8 Å². The van der Waals surface area contributed by atoms with Crippen LogP contribution >= 0.6 is 0 Å². The average molecular weight is 337 g/mol. The fourth-order valence-corrected chi connectivity index (χ4v) is 2.68. The minimum Gasteiger partial charge on any atom is -0.385 e. The third-order valence-electron chi connectivity index (χ3n) is 3.98. The number of tetrazole rings is 1. The van der Waals surface area contributed by atoms with E-state index in [-0.39, 0.29) is 12.3 Å². The standard InChI is InChI=1S/C18H19N5O2/c1-13-10-15(8-9-16(13)23-12-19-21-22-23)20-17(24)11-18(2,25)14-6-4-3-5-7-14/h3-10,12,25H,11H2,1-2H3,(H,20,24). The van der Waals surface area contributed by atoms with E-state index in [1.54, 1.807) is 29.8 Å². The third kappa shape index (κ3) is 3.89. The molecule has 0 aliphatic carbocycles. The first kappa shape index (κ1) is 16.8. The molecule has 0 saturated heterocycles. The Morgan fingerprint density at radius 1 is 1.24 bits per heavy atom. The van der Waals surface area contributed by atoms with E-state index in [9.17, 15) is 9.90 Å². The van der Waals surface area contributed by atoms with Gasteiger partial charge in [-0.2, -0.15) is 0 Å². The summed E-state index contributed by atoms with van der Waals surface area (Å²) in [7, 11) is 0. The number of benzene rings is 2.